The average molecular weight is 611 g/mol. The Morgan fingerprint density at radius 3 is 2.19 bits per heavy atom. The topological polar surface area (TPSA) is 269 Å². The normalized spacial score (nSPS) is 33.0. The monoisotopic (exact) mass is 610 g/mol. The van der Waals surface area contributed by atoms with Crippen LogP contribution in [0.25, 0.3) is 22.3 Å². The predicted octanol–water partition coefficient (Wildman–Crippen LogP) is -1.69. The Hall–Kier alpha value is -3.71. The molecule has 2 aromatic carbocycles. The van der Waals surface area contributed by atoms with E-state index in [1.165, 1.54) is 13.0 Å². The molecule has 43 heavy (non-hydrogen) atoms. The lowest BCUT2D eigenvalue weighted by atomic mass is 9.97. The van der Waals surface area contributed by atoms with Gasteiger partial charge in [-0.1, -0.05) is 0 Å². The standard InChI is InChI=1S/C27H30O16/c1-8-17(33)20(36)22(38)26(39-8)43-25-21(37)18(34)15(7-28)41-27(25)42-24-19(35)16-13(32)5-10(29)6-14(16)40-23(24)9-2-3-11(30)12(31)4-9/h2-6,8,15,17-18,20-22,25-34,36-38H,7H2,1H3/t8-,15+,17-,18+,20+,21-,22+,25?,26-,27-/m0/s1. The molecular formula is C27H30O16. The van der Waals surface area contributed by atoms with Crippen LogP contribution in [0.15, 0.2) is 39.5 Å². The van der Waals surface area contributed by atoms with Crippen molar-refractivity contribution in [3.8, 4) is 40.1 Å². The first kappa shape index (κ1) is 30.7. The second-order valence-corrected chi connectivity index (χ2v) is 10.2. The quantitative estimate of drug-likeness (QED) is 0.140. The van der Waals surface area contributed by atoms with E-state index in [1.54, 1.807) is 0 Å². The van der Waals surface area contributed by atoms with Crippen LogP contribution in [0.5, 0.6) is 28.7 Å². The van der Waals surface area contributed by atoms with Crippen molar-refractivity contribution in [2.24, 2.45) is 0 Å². The lowest BCUT2D eigenvalue weighted by Gasteiger charge is -2.45. The Bertz CT molecular complexity index is 1540. The fourth-order valence-corrected chi connectivity index (χ4v) is 4.92. The third-order valence-corrected chi connectivity index (χ3v) is 7.31. The highest BCUT2D eigenvalue weighted by molar-refractivity contribution is 5.88. The van der Waals surface area contributed by atoms with Crippen molar-refractivity contribution < 1.29 is 74.4 Å². The van der Waals surface area contributed by atoms with E-state index in [1.807, 2.05) is 0 Å². The molecule has 3 aromatic rings. The van der Waals surface area contributed by atoms with Gasteiger partial charge in [0, 0.05) is 17.7 Å². The van der Waals surface area contributed by atoms with Crippen LogP contribution in [0.3, 0.4) is 0 Å². The minimum atomic E-state index is -1.91. The molecule has 10 atom stereocenters. The molecule has 2 aliphatic rings. The molecule has 2 aliphatic heterocycles. The lowest BCUT2D eigenvalue weighted by molar-refractivity contribution is -0.354. The molecule has 2 fully saturated rings. The second-order valence-electron chi connectivity index (χ2n) is 10.2. The summed E-state index contributed by atoms with van der Waals surface area (Å²) in [4.78, 5) is 13.7. The van der Waals surface area contributed by atoms with E-state index >= 15 is 0 Å². The number of phenolic OH excluding ortho intramolecular Hbond substituents is 4. The molecule has 16 nitrogen and oxygen atoms in total. The van der Waals surface area contributed by atoms with Crippen LogP contribution in [0.2, 0.25) is 0 Å². The molecular weight excluding hydrogens is 580 g/mol. The van der Waals surface area contributed by atoms with Crippen molar-refractivity contribution in [1.29, 1.82) is 0 Å². The molecule has 0 spiro atoms. The van der Waals surface area contributed by atoms with Gasteiger partial charge in [0.25, 0.3) is 0 Å². The molecule has 0 bridgehead atoms. The van der Waals surface area contributed by atoms with Crippen molar-refractivity contribution in [1.82, 2.24) is 0 Å². The first-order valence-electron chi connectivity index (χ1n) is 13.0. The van der Waals surface area contributed by atoms with Crippen LogP contribution >= 0.6 is 0 Å². The number of hydrogen-bond acceptors (Lipinski definition) is 16. The van der Waals surface area contributed by atoms with Crippen LogP contribution in [-0.4, -0.2) is 119 Å². The van der Waals surface area contributed by atoms with Gasteiger partial charge in [0.05, 0.1) is 12.7 Å². The van der Waals surface area contributed by atoms with E-state index < -0.39 is 113 Å². The smallest absolute Gasteiger partial charge is 0.239 e. The van der Waals surface area contributed by atoms with Crippen molar-refractivity contribution in [2.75, 3.05) is 6.61 Å². The highest BCUT2D eigenvalue weighted by Crippen LogP contribution is 2.40. The third-order valence-electron chi connectivity index (χ3n) is 7.31. The van der Waals surface area contributed by atoms with Gasteiger partial charge in [0.1, 0.15) is 59.1 Å². The first-order valence-corrected chi connectivity index (χ1v) is 13.0. The van der Waals surface area contributed by atoms with Crippen molar-refractivity contribution in [3.63, 3.8) is 0 Å². The molecule has 0 radical (unpaired) electrons. The van der Waals surface area contributed by atoms with Crippen molar-refractivity contribution in [3.05, 3.63) is 40.6 Å². The van der Waals surface area contributed by atoms with Crippen molar-refractivity contribution >= 4 is 11.0 Å². The molecule has 3 heterocycles. The number of ether oxygens (including phenoxy) is 4. The Morgan fingerprint density at radius 1 is 0.791 bits per heavy atom. The summed E-state index contributed by atoms with van der Waals surface area (Å²) >= 11 is 0. The molecule has 1 unspecified atom stereocenters. The zero-order valence-electron chi connectivity index (χ0n) is 22.3. The second kappa shape index (κ2) is 11.8. The molecule has 2 saturated heterocycles. The highest BCUT2D eigenvalue weighted by atomic mass is 16.8. The minimum absolute atomic E-state index is 0.0447. The molecule has 0 saturated carbocycles. The predicted molar refractivity (Wildman–Crippen MR) is 140 cm³/mol. The molecule has 234 valence electrons. The number of benzene rings is 2. The Morgan fingerprint density at radius 2 is 1.51 bits per heavy atom. The number of phenols is 4. The van der Waals surface area contributed by atoms with Gasteiger partial charge in [-0.25, -0.2) is 0 Å². The van der Waals surface area contributed by atoms with Gasteiger partial charge in [-0.3, -0.25) is 4.79 Å². The van der Waals surface area contributed by atoms with E-state index in [-0.39, 0.29) is 11.1 Å². The van der Waals surface area contributed by atoms with Crippen LogP contribution in [0.1, 0.15) is 6.92 Å². The summed E-state index contributed by atoms with van der Waals surface area (Å²) in [5.41, 5.74) is -1.39. The first-order chi connectivity index (χ1) is 20.3. The zero-order valence-corrected chi connectivity index (χ0v) is 22.3. The maximum Gasteiger partial charge on any atom is 0.239 e. The zero-order chi connectivity index (χ0) is 31.3. The Labute approximate surface area is 241 Å². The fourth-order valence-electron chi connectivity index (χ4n) is 4.92. The number of hydrogen-bond donors (Lipinski definition) is 10. The molecule has 1 aromatic heterocycles. The van der Waals surface area contributed by atoms with Gasteiger partial charge in [0.2, 0.25) is 17.5 Å². The molecule has 16 heteroatoms. The van der Waals surface area contributed by atoms with Gasteiger partial charge in [0.15, 0.2) is 29.7 Å². The van der Waals surface area contributed by atoms with E-state index in [2.05, 4.69) is 0 Å². The van der Waals surface area contributed by atoms with E-state index in [9.17, 15) is 55.9 Å². The number of aliphatic hydroxyl groups is 6. The number of fused-ring (bicyclic) bond motifs is 1. The van der Waals surface area contributed by atoms with Crippen LogP contribution in [-0.2, 0) is 14.2 Å². The molecule has 5 rings (SSSR count). The summed E-state index contributed by atoms with van der Waals surface area (Å²) in [6.45, 7) is 0.541. The number of aliphatic hydroxyl groups excluding tert-OH is 6. The summed E-state index contributed by atoms with van der Waals surface area (Å²) in [5.74, 6) is -3.40. The summed E-state index contributed by atoms with van der Waals surface area (Å²) in [6, 6.07) is 5.21. The van der Waals surface area contributed by atoms with Gasteiger partial charge >= 0.3 is 0 Å². The number of rotatable bonds is 6. The van der Waals surface area contributed by atoms with E-state index in [0.29, 0.717) is 0 Å². The highest BCUT2D eigenvalue weighted by Gasteiger charge is 2.51. The Balaban J connectivity index is 1.62. The van der Waals surface area contributed by atoms with Crippen LogP contribution < -0.4 is 10.2 Å². The van der Waals surface area contributed by atoms with Crippen LogP contribution in [0, 0.1) is 0 Å². The molecule has 0 aliphatic carbocycles. The van der Waals surface area contributed by atoms with Crippen LogP contribution in [0.4, 0.5) is 0 Å². The summed E-state index contributed by atoms with van der Waals surface area (Å²) in [7, 11) is 0. The fraction of sp³-hybridized carbons (Fsp3) is 0.444. The Kier molecular flexibility index (Phi) is 8.41. The summed E-state index contributed by atoms with van der Waals surface area (Å²) in [6.07, 6.45) is -16.7. The average Bonchev–Trinajstić information content (AvgIpc) is 2.96. The number of aromatic hydroxyl groups is 4. The van der Waals surface area contributed by atoms with E-state index in [4.69, 9.17) is 23.4 Å². The summed E-state index contributed by atoms with van der Waals surface area (Å²) in [5, 5.41) is 102. The van der Waals surface area contributed by atoms with Gasteiger partial charge in [-0.15, -0.1) is 0 Å². The summed E-state index contributed by atoms with van der Waals surface area (Å²) < 4.78 is 28.3. The van der Waals surface area contributed by atoms with E-state index in [0.717, 1.165) is 24.3 Å². The van der Waals surface area contributed by atoms with Gasteiger partial charge in [-0.2, -0.15) is 0 Å². The maximum absolute atomic E-state index is 13.7. The largest absolute Gasteiger partial charge is 0.508 e. The SMILES string of the molecule is C[C@@H]1O[C@@H](OC2[C@H](Oc3c(-c4ccc(O)c(O)c4)oc4cc(O)cc(O)c4c3=O)O[C@H](CO)[C@@H](O)[C@@H]2O)[C@H](O)[C@H](O)[C@H]1O. The maximum atomic E-state index is 13.7. The molecule has 0 amide bonds. The molecule has 10 N–H and O–H groups in total. The lowest BCUT2D eigenvalue weighted by Crippen LogP contribution is -2.64. The van der Waals surface area contributed by atoms with Gasteiger partial charge in [-0.05, 0) is 25.1 Å². The minimum Gasteiger partial charge on any atom is -0.508 e. The van der Waals surface area contributed by atoms with Crippen molar-refractivity contribution in [2.45, 2.75) is 68.3 Å². The van der Waals surface area contributed by atoms with Gasteiger partial charge < -0.3 is 74.4 Å². The third kappa shape index (κ3) is 5.55.